The third kappa shape index (κ3) is 2.31. The maximum atomic E-state index is 12.3. The molecule has 0 unspecified atom stereocenters. The van der Waals surface area contributed by atoms with E-state index in [1.54, 1.807) is 18.2 Å². The molecule has 2 aromatic rings. The summed E-state index contributed by atoms with van der Waals surface area (Å²) in [5.74, 6) is 0.540. The SMILES string of the molecule is O=C(O[C@H]1C[C@H]2CC[C@@H]1C2)c1cc2cc(Cl)ccc2oc1=O. The van der Waals surface area contributed by atoms with Crippen molar-refractivity contribution in [3.05, 3.63) is 45.3 Å². The van der Waals surface area contributed by atoms with E-state index < -0.39 is 11.6 Å². The van der Waals surface area contributed by atoms with Gasteiger partial charge in [0.1, 0.15) is 17.3 Å². The monoisotopic (exact) mass is 318 g/mol. The van der Waals surface area contributed by atoms with E-state index >= 15 is 0 Å². The summed E-state index contributed by atoms with van der Waals surface area (Å²) in [6, 6.07) is 6.42. The van der Waals surface area contributed by atoms with Crippen LogP contribution in [0.4, 0.5) is 0 Å². The maximum absolute atomic E-state index is 12.3. The highest BCUT2D eigenvalue weighted by Gasteiger charge is 2.42. The van der Waals surface area contributed by atoms with Gasteiger partial charge in [-0.25, -0.2) is 9.59 Å². The Hall–Kier alpha value is -1.81. The highest BCUT2D eigenvalue weighted by atomic mass is 35.5. The van der Waals surface area contributed by atoms with E-state index in [0.29, 0.717) is 27.8 Å². The summed E-state index contributed by atoms with van der Waals surface area (Å²) in [7, 11) is 0. The van der Waals surface area contributed by atoms with E-state index in [1.165, 1.54) is 12.5 Å². The molecule has 2 aliphatic carbocycles. The van der Waals surface area contributed by atoms with E-state index in [9.17, 15) is 9.59 Å². The number of benzene rings is 1. The lowest BCUT2D eigenvalue weighted by atomic mass is 9.98. The average Bonchev–Trinajstić information content (AvgIpc) is 3.09. The Kier molecular flexibility index (Phi) is 3.22. The van der Waals surface area contributed by atoms with E-state index in [-0.39, 0.29) is 11.7 Å². The van der Waals surface area contributed by atoms with E-state index in [2.05, 4.69) is 0 Å². The van der Waals surface area contributed by atoms with Crippen molar-refractivity contribution in [1.82, 2.24) is 0 Å². The molecule has 2 fully saturated rings. The summed E-state index contributed by atoms with van der Waals surface area (Å²) < 4.78 is 10.7. The fraction of sp³-hybridized carbons (Fsp3) is 0.412. The zero-order valence-corrected chi connectivity index (χ0v) is 12.6. The van der Waals surface area contributed by atoms with Crippen LogP contribution in [0, 0.1) is 11.8 Å². The van der Waals surface area contributed by atoms with Gasteiger partial charge < -0.3 is 9.15 Å². The topological polar surface area (TPSA) is 56.5 Å². The molecule has 0 aliphatic heterocycles. The minimum Gasteiger partial charge on any atom is -0.458 e. The molecule has 22 heavy (non-hydrogen) atoms. The average molecular weight is 319 g/mol. The first kappa shape index (κ1) is 13.8. The van der Waals surface area contributed by atoms with Gasteiger partial charge in [-0.15, -0.1) is 0 Å². The normalized spacial score (nSPS) is 26.5. The predicted octanol–water partition coefficient (Wildman–Crippen LogP) is 3.79. The van der Waals surface area contributed by atoms with E-state index in [4.69, 9.17) is 20.8 Å². The third-order valence-electron chi connectivity index (χ3n) is 4.85. The van der Waals surface area contributed by atoms with Crippen LogP contribution < -0.4 is 5.63 Å². The van der Waals surface area contributed by atoms with E-state index in [0.717, 1.165) is 19.3 Å². The van der Waals surface area contributed by atoms with Crippen LogP contribution in [0.25, 0.3) is 11.0 Å². The Morgan fingerprint density at radius 3 is 2.82 bits per heavy atom. The Bertz CT molecular complexity index is 810. The first-order valence-corrected chi connectivity index (χ1v) is 7.92. The van der Waals surface area contributed by atoms with Gasteiger partial charge >= 0.3 is 11.6 Å². The summed E-state index contributed by atoms with van der Waals surface area (Å²) in [4.78, 5) is 24.3. The van der Waals surface area contributed by atoms with Gasteiger partial charge in [0.2, 0.25) is 0 Å². The third-order valence-corrected chi connectivity index (χ3v) is 5.08. The van der Waals surface area contributed by atoms with Crippen molar-refractivity contribution in [2.45, 2.75) is 31.8 Å². The van der Waals surface area contributed by atoms with Gasteiger partial charge in [0, 0.05) is 10.4 Å². The Balaban J connectivity index is 1.63. The molecule has 1 heterocycles. The van der Waals surface area contributed by atoms with Gasteiger partial charge in [-0.1, -0.05) is 11.6 Å². The first-order valence-electron chi connectivity index (χ1n) is 7.54. The van der Waals surface area contributed by atoms with Crippen LogP contribution in [0.15, 0.2) is 33.5 Å². The van der Waals surface area contributed by atoms with Crippen LogP contribution in [0.5, 0.6) is 0 Å². The van der Waals surface area contributed by atoms with Gasteiger partial charge in [0.15, 0.2) is 0 Å². The number of carbonyl (C=O) groups excluding carboxylic acids is 1. The molecule has 0 amide bonds. The van der Waals surface area contributed by atoms with Crippen LogP contribution >= 0.6 is 11.6 Å². The quantitative estimate of drug-likeness (QED) is 0.624. The fourth-order valence-corrected chi connectivity index (χ4v) is 3.95. The molecule has 0 spiro atoms. The number of fused-ring (bicyclic) bond motifs is 3. The zero-order valence-electron chi connectivity index (χ0n) is 11.9. The van der Waals surface area contributed by atoms with Crippen LogP contribution in [0.3, 0.4) is 0 Å². The lowest BCUT2D eigenvalue weighted by molar-refractivity contribution is 0.0154. The molecule has 2 saturated carbocycles. The van der Waals surface area contributed by atoms with Crippen molar-refractivity contribution < 1.29 is 13.9 Å². The standard InChI is InChI=1S/C17H15ClO4/c18-12-3-4-14-11(7-12)8-13(16(19)21-14)17(20)22-15-6-9-1-2-10(15)5-9/h3-4,7-10,15H,1-2,5-6H2/t9-,10+,15-/m0/s1. The molecule has 114 valence electrons. The minimum absolute atomic E-state index is 0.0549. The number of carbonyl (C=O) groups is 1. The minimum atomic E-state index is -0.664. The molecule has 4 nitrogen and oxygen atoms in total. The summed E-state index contributed by atoms with van der Waals surface area (Å²) in [5, 5.41) is 1.14. The molecular weight excluding hydrogens is 304 g/mol. The molecule has 0 saturated heterocycles. The molecule has 1 aromatic heterocycles. The smallest absolute Gasteiger partial charge is 0.351 e. The molecule has 0 radical (unpaired) electrons. The van der Waals surface area contributed by atoms with E-state index in [1.807, 2.05) is 0 Å². The lowest BCUT2D eigenvalue weighted by Gasteiger charge is -2.21. The molecule has 3 atom stereocenters. The second-order valence-electron chi connectivity index (χ2n) is 6.25. The van der Waals surface area contributed by atoms with Gasteiger partial charge in [-0.2, -0.15) is 0 Å². The van der Waals surface area contributed by atoms with Gasteiger partial charge in [0.25, 0.3) is 0 Å². The molecule has 2 aliphatic rings. The number of hydrogen-bond acceptors (Lipinski definition) is 4. The van der Waals surface area contributed by atoms with Gasteiger partial charge in [-0.05, 0) is 61.8 Å². The zero-order chi connectivity index (χ0) is 15.3. The highest BCUT2D eigenvalue weighted by molar-refractivity contribution is 6.31. The van der Waals surface area contributed by atoms with Crippen molar-refractivity contribution in [3.63, 3.8) is 0 Å². The largest absolute Gasteiger partial charge is 0.458 e. The molecule has 4 rings (SSSR count). The summed E-state index contributed by atoms with van der Waals surface area (Å²) >= 11 is 5.93. The van der Waals surface area contributed by atoms with Crippen LogP contribution in [-0.2, 0) is 4.74 Å². The Labute approximate surface area is 132 Å². The van der Waals surface area contributed by atoms with Crippen molar-refractivity contribution >= 4 is 28.5 Å². The molecular formula is C17H15ClO4. The fourth-order valence-electron chi connectivity index (χ4n) is 3.77. The summed E-state index contributed by atoms with van der Waals surface area (Å²) in [6.45, 7) is 0. The maximum Gasteiger partial charge on any atom is 0.351 e. The first-order chi connectivity index (χ1) is 10.6. The molecule has 5 heteroatoms. The van der Waals surface area contributed by atoms with Crippen molar-refractivity contribution in [2.75, 3.05) is 0 Å². The van der Waals surface area contributed by atoms with Crippen molar-refractivity contribution in [3.8, 4) is 0 Å². The van der Waals surface area contributed by atoms with Crippen LogP contribution in [0.1, 0.15) is 36.0 Å². The number of ether oxygens (including phenoxy) is 1. The predicted molar refractivity (Wildman–Crippen MR) is 82.1 cm³/mol. The van der Waals surface area contributed by atoms with Crippen molar-refractivity contribution in [2.24, 2.45) is 11.8 Å². The molecule has 1 aromatic carbocycles. The number of rotatable bonds is 2. The second kappa shape index (κ2) is 5.13. The van der Waals surface area contributed by atoms with Crippen molar-refractivity contribution in [1.29, 1.82) is 0 Å². The summed E-state index contributed by atoms with van der Waals surface area (Å²) in [6.07, 6.45) is 4.35. The number of esters is 1. The Morgan fingerprint density at radius 1 is 1.23 bits per heavy atom. The number of hydrogen-bond donors (Lipinski definition) is 0. The van der Waals surface area contributed by atoms with Crippen LogP contribution in [0.2, 0.25) is 5.02 Å². The second-order valence-corrected chi connectivity index (χ2v) is 6.68. The van der Waals surface area contributed by atoms with Crippen LogP contribution in [-0.4, -0.2) is 12.1 Å². The summed E-state index contributed by atoms with van der Waals surface area (Å²) in [5.41, 5.74) is -0.314. The van der Waals surface area contributed by atoms with Gasteiger partial charge in [0.05, 0.1) is 0 Å². The van der Waals surface area contributed by atoms with Gasteiger partial charge in [-0.3, -0.25) is 0 Å². The number of halogens is 1. The lowest BCUT2D eigenvalue weighted by Crippen LogP contribution is -2.26. The highest BCUT2D eigenvalue weighted by Crippen LogP contribution is 2.46. The Morgan fingerprint density at radius 2 is 2.09 bits per heavy atom. The molecule has 0 N–H and O–H groups in total. The molecule has 2 bridgehead atoms.